The van der Waals surface area contributed by atoms with Gasteiger partial charge < -0.3 is 5.11 Å². The van der Waals surface area contributed by atoms with Crippen LogP contribution in [0.2, 0.25) is 0 Å². The second kappa shape index (κ2) is 5.22. The summed E-state index contributed by atoms with van der Waals surface area (Å²) < 4.78 is 0. The minimum atomic E-state index is -0.191. The van der Waals surface area contributed by atoms with Gasteiger partial charge in [0.1, 0.15) is 0 Å². The highest BCUT2D eigenvalue weighted by atomic mass is 32.2. The lowest BCUT2D eigenvalue weighted by Gasteiger charge is -2.25. The zero-order valence-electron chi connectivity index (χ0n) is 9.30. The summed E-state index contributed by atoms with van der Waals surface area (Å²) in [6.45, 7) is 2.29. The average molecular weight is 224 g/mol. The number of aliphatic hydroxyl groups excluding tert-OH is 1. The number of hydrogen-bond acceptors (Lipinski definition) is 2. The van der Waals surface area contributed by atoms with E-state index in [4.69, 9.17) is 0 Å². The molecule has 0 aromatic rings. The van der Waals surface area contributed by atoms with E-state index in [0.717, 1.165) is 18.8 Å². The van der Waals surface area contributed by atoms with E-state index in [1.165, 1.54) is 12.8 Å². The Balaban J connectivity index is 1.82. The summed E-state index contributed by atoms with van der Waals surface area (Å²) in [5, 5.41) is 10.7. The van der Waals surface area contributed by atoms with Crippen molar-refractivity contribution in [1.29, 1.82) is 0 Å². The van der Waals surface area contributed by atoms with Gasteiger partial charge in [0, 0.05) is 10.5 Å². The molecule has 4 unspecified atom stereocenters. The van der Waals surface area contributed by atoms with Gasteiger partial charge in [0.15, 0.2) is 0 Å². The van der Waals surface area contributed by atoms with Gasteiger partial charge in [-0.05, 0) is 31.6 Å². The molecule has 0 aromatic carbocycles. The highest BCUT2D eigenvalue weighted by Crippen LogP contribution is 2.33. The minimum Gasteiger partial charge on any atom is -0.389 e. The van der Waals surface area contributed by atoms with E-state index in [2.05, 4.69) is 36.9 Å². The van der Waals surface area contributed by atoms with Crippen LogP contribution in [0, 0.1) is 5.92 Å². The summed E-state index contributed by atoms with van der Waals surface area (Å²) in [5.41, 5.74) is 0. The van der Waals surface area contributed by atoms with Gasteiger partial charge in [0.05, 0.1) is 6.10 Å². The van der Waals surface area contributed by atoms with Crippen molar-refractivity contribution in [1.82, 2.24) is 0 Å². The van der Waals surface area contributed by atoms with Crippen molar-refractivity contribution < 1.29 is 5.11 Å². The first-order valence-corrected chi connectivity index (χ1v) is 6.88. The monoisotopic (exact) mass is 224 g/mol. The van der Waals surface area contributed by atoms with Crippen LogP contribution < -0.4 is 0 Å². The maximum atomic E-state index is 9.36. The third-order valence-corrected chi connectivity index (χ3v) is 4.69. The topological polar surface area (TPSA) is 20.2 Å². The third kappa shape index (κ3) is 3.39. The Bertz CT molecular complexity index is 233. The number of aliphatic hydroxyl groups is 1. The molecule has 84 valence electrons. The highest BCUT2D eigenvalue weighted by molar-refractivity contribution is 8.00. The van der Waals surface area contributed by atoms with Gasteiger partial charge in [-0.15, -0.1) is 11.8 Å². The summed E-state index contributed by atoms with van der Waals surface area (Å²) >= 11 is 2.06. The normalized spacial score (nSPS) is 40.7. The van der Waals surface area contributed by atoms with Crippen LogP contribution in [-0.4, -0.2) is 21.7 Å². The molecule has 0 aromatic heterocycles. The molecule has 2 heteroatoms. The Morgan fingerprint density at radius 2 is 1.60 bits per heavy atom. The van der Waals surface area contributed by atoms with Crippen molar-refractivity contribution in [3.63, 3.8) is 0 Å². The molecule has 0 amide bonds. The Morgan fingerprint density at radius 3 is 2.13 bits per heavy atom. The molecule has 0 fully saturated rings. The Kier molecular flexibility index (Phi) is 3.92. The molecule has 2 rings (SSSR count). The molecule has 2 aliphatic rings. The predicted octanol–water partition coefficient (Wildman–Crippen LogP) is 3.15. The molecule has 4 atom stereocenters. The van der Waals surface area contributed by atoms with Crippen molar-refractivity contribution in [3.8, 4) is 0 Å². The number of allylic oxidation sites excluding steroid dienone is 1. The highest BCUT2D eigenvalue weighted by Gasteiger charge is 2.19. The maximum absolute atomic E-state index is 9.36. The summed E-state index contributed by atoms with van der Waals surface area (Å²) in [4.78, 5) is 0. The summed E-state index contributed by atoms with van der Waals surface area (Å²) in [6, 6.07) is 0. The molecular weight excluding hydrogens is 204 g/mol. The van der Waals surface area contributed by atoms with E-state index in [1.54, 1.807) is 0 Å². The van der Waals surface area contributed by atoms with Crippen molar-refractivity contribution in [2.24, 2.45) is 5.92 Å². The van der Waals surface area contributed by atoms with E-state index in [9.17, 15) is 5.11 Å². The van der Waals surface area contributed by atoms with Gasteiger partial charge >= 0.3 is 0 Å². The average Bonchev–Trinajstić information content (AvgIpc) is 2.25. The number of hydrogen-bond donors (Lipinski definition) is 1. The summed E-state index contributed by atoms with van der Waals surface area (Å²) in [5.74, 6) is 0.769. The molecule has 1 N–H and O–H groups in total. The smallest absolute Gasteiger partial charge is 0.0721 e. The number of rotatable bonds is 2. The van der Waals surface area contributed by atoms with Crippen LogP contribution in [0.15, 0.2) is 24.3 Å². The van der Waals surface area contributed by atoms with Crippen LogP contribution in [0.5, 0.6) is 0 Å². The first kappa shape index (κ1) is 11.3. The predicted molar refractivity (Wildman–Crippen MR) is 67.1 cm³/mol. The Hall–Kier alpha value is -0.210. The quantitative estimate of drug-likeness (QED) is 0.727. The molecule has 0 saturated carbocycles. The van der Waals surface area contributed by atoms with Gasteiger partial charge in [-0.2, -0.15) is 0 Å². The van der Waals surface area contributed by atoms with E-state index in [0.29, 0.717) is 10.5 Å². The molecular formula is C13H20OS. The van der Waals surface area contributed by atoms with Crippen LogP contribution in [0.4, 0.5) is 0 Å². The SMILES string of the molecule is CC1C=CC(SC2C=CC(O)CC2)CC1. The zero-order chi connectivity index (χ0) is 10.7. The van der Waals surface area contributed by atoms with Crippen molar-refractivity contribution in [2.75, 3.05) is 0 Å². The molecule has 15 heavy (non-hydrogen) atoms. The molecule has 1 nitrogen and oxygen atoms in total. The van der Waals surface area contributed by atoms with Crippen LogP contribution in [0.25, 0.3) is 0 Å². The van der Waals surface area contributed by atoms with Crippen molar-refractivity contribution in [2.45, 2.75) is 49.2 Å². The zero-order valence-corrected chi connectivity index (χ0v) is 10.1. The molecule has 0 saturated heterocycles. The molecule has 0 spiro atoms. The van der Waals surface area contributed by atoms with E-state index < -0.39 is 0 Å². The molecule has 0 radical (unpaired) electrons. The summed E-state index contributed by atoms with van der Waals surface area (Å²) in [6.07, 6.45) is 13.4. The third-order valence-electron chi connectivity index (χ3n) is 3.21. The minimum absolute atomic E-state index is 0.191. The Labute approximate surface area is 96.6 Å². The largest absolute Gasteiger partial charge is 0.389 e. The van der Waals surface area contributed by atoms with E-state index >= 15 is 0 Å². The van der Waals surface area contributed by atoms with Crippen molar-refractivity contribution >= 4 is 11.8 Å². The standard InChI is InChI=1S/C13H20OS/c1-10-2-6-12(7-3-10)15-13-8-4-11(14)5-9-13/h2,4,6,8,10-14H,3,5,7,9H2,1H3. The van der Waals surface area contributed by atoms with Crippen LogP contribution in [-0.2, 0) is 0 Å². The maximum Gasteiger partial charge on any atom is 0.0721 e. The van der Waals surface area contributed by atoms with Crippen LogP contribution in [0.3, 0.4) is 0 Å². The fourth-order valence-corrected chi connectivity index (χ4v) is 3.52. The molecule has 0 heterocycles. The molecule has 0 aliphatic heterocycles. The first-order chi connectivity index (χ1) is 7.24. The van der Waals surface area contributed by atoms with Crippen LogP contribution in [0.1, 0.15) is 32.6 Å². The fourth-order valence-electron chi connectivity index (χ4n) is 2.16. The van der Waals surface area contributed by atoms with Crippen LogP contribution >= 0.6 is 11.8 Å². The van der Waals surface area contributed by atoms with Gasteiger partial charge in [0.25, 0.3) is 0 Å². The number of thioether (sulfide) groups is 1. The van der Waals surface area contributed by atoms with Crippen molar-refractivity contribution in [3.05, 3.63) is 24.3 Å². The first-order valence-electron chi connectivity index (χ1n) is 5.94. The second-order valence-electron chi connectivity index (χ2n) is 4.68. The van der Waals surface area contributed by atoms with Gasteiger partial charge in [-0.3, -0.25) is 0 Å². The van der Waals surface area contributed by atoms with Gasteiger partial charge in [0.2, 0.25) is 0 Å². The lowest BCUT2D eigenvalue weighted by Crippen LogP contribution is -2.17. The lowest BCUT2D eigenvalue weighted by atomic mass is 9.98. The fraction of sp³-hybridized carbons (Fsp3) is 0.692. The van der Waals surface area contributed by atoms with E-state index in [1.807, 2.05) is 6.08 Å². The Morgan fingerprint density at radius 1 is 0.933 bits per heavy atom. The van der Waals surface area contributed by atoms with Gasteiger partial charge in [-0.25, -0.2) is 0 Å². The molecule has 0 bridgehead atoms. The molecule has 2 aliphatic carbocycles. The van der Waals surface area contributed by atoms with Gasteiger partial charge in [-0.1, -0.05) is 31.2 Å². The lowest BCUT2D eigenvalue weighted by molar-refractivity contribution is 0.205. The summed E-state index contributed by atoms with van der Waals surface area (Å²) in [7, 11) is 0. The second-order valence-corrected chi connectivity index (χ2v) is 6.17. The van der Waals surface area contributed by atoms with E-state index in [-0.39, 0.29) is 6.10 Å².